The zero-order valence-corrected chi connectivity index (χ0v) is 11.9. The predicted octanol–water partition coefficient (Wildman–Crippen LogP) is 1.25. The molecule has 3 rings (SSSR count). The second-order valence-electron chi connectivity index (χ2n) is 5.70. The van der Waals surface area contributed by atoms with Crippen molar-refractivity contribution in [3.8, 4) is 6.07 Å². The Morgan fingerprint density at radius 1 is 1.38 bits per heavy atom. The molecule has 0 spiro atoms. The van der Waals surface area contributed by atoms with E-state index < -0.39 is 0 Å². The van der Waals surface area contributed by atoms with Crippen molar-refractivity contribution in [1.82, 2.24) is 15.3 Å². The molecule has 1 amide bonds. The summed E-state index contributed by atoms with van der Waals surface area (Å²) in [5.74, 6) is 1.07. The fourth-order valence-electron chi connectivity index (χ4n) is 3.65. The van der Waals surface area contributed by atoms with Crippen molar-refractivity contribution in [2.75, 3.05) is 11.4 Å². The van der Waals surface area contributed by atoms with Crippen molar-refractivity contribution in [3.05, 3.63) is 18.5 Å². The molecular weight excluding hydrogens is 266 g/mol. The summed E-state index contributed by atoms with van der Waals surface area (Å²) in [6.07, 6.45) is 8.93. The molecule has 6 nitrogen and oxygen atoms in total. The predicted molar refractivity (Wildman–Crippen MR) is 77.3 cm³/mol. The van der Waals surface area contributed by atoms with Gasteiger partial charge in [0.2, 0.25) is 11.9 Å². The lowest BCUT2D eigenvalue weighted by Crippen LogP contribution is -2.47. The van der Waals surface area contributed by atoms with E-state index >= 15 is 0 Å². The standard InChI is InChI=1S/C15H19N5O/c16-6-9-17-14(21)13-10-11-4-1-2-5-12(11)20(13)15-18-7-3-8-19-15/h3,7-8,11-13H,1-2,4-5,9-10H2,(H,17,21)/t11-,12+,13+/m1/s1. The number of hydrogen-bond donors (Lipinski definition) is 1. The van der Waals surface area contributed by atoms with E-state index in [2.05, 4.69) is 20.2 Å². The van der Waals surface area contributed by atoms with E-state index in [4.69, 9.17) is 5.26 Å². The van der Waals surface area contributed by atoms with Crippen molar-refractivity contribution < 1.29 is 4.79 Å². The van der Waals surface area contributed by atoms with Gasteiger partial charge in [-0.2, -0.15) is 5.26 Å². The first-order valence-electron chi connectivity index (χ1n) is 7.51. The zero-order valence-electron chi connectivity index (χ0n) is 11.9. The van der Waals surface area contributed by atoms with Crippen LogP contribution >= 0.6 is 0 Å². The number of nitriles is 1. The van der Waals surface area contributed by atoms with Gasteiger partial charge in [0.25, 0.3) is 0 Å². The first kappa shape index (κ1) is 13.8. The van der Waals surface area contributed by atoms with Gasteiger partial charge in [-0.1, -0.05) is 12.8 Å². The van der Waals surface area contributed by atoms with E-state index in [1.54, 1.807) is 18.5 Å². The lowest BCUT2D eigenvalue weighted by Gasteiger charge is -2.33. The van der Waals surface area contributed by atoms with Crippen LogP contribution in [0.2, 0.25) is 0 Å². The molecule has 1 N–H and O–H groups in total. The fourth-order valence-corrected chi connectivity index (χ4v) is 3.65. The van der Waals surface area contributed by atoms with Crippen molar-refractivity contribution >= 4 is 11.9 Å². The molecule has 2 aliphatic rings. The monoisotopic (exact) mass is 285 g/mol. The van der Waals surface area contributed by atoms with Crippen molar-refractivity contribution in [2.24, 2.45) is 5.92 Å². The van der Waals surface area contributed by atoms with Crippen LogP contribution in [0, 0.1) is 17.2 Å². The van der Waals surface area contributed by atoms with Crippen LogP contribution in [0.1, 0.15) is 32.1 Å². The van der Waals surface area contributed by atoms with E-state index in [0.29, 0.717) is 17.9 Å². The number of carbonyl (C=O) groups excluding carboxylic acids is 1. The zero-order chi connectivity index (χ0) is 14.7. The fraction of sp³-hybridized carbons (Fsp3) is 0.600. The SMILES string of the molecule is N#CCNC(=O)[C@@H]1C[C@H]2CCCC[C@@H]2N1c1ncccn1. The maximum absolute atomic E-state index is 12.4. The van der Waals surface area contributed by atoms with Gasteiger partial charge < -0.3 is 10.2 Å². The Morgan fingerprint density at radius 3 is 2.90 bits per heavy atom. The summed E-state index contributed by atoms with van der Waals surface area (Å²) in [6, 6.07) is 3.83. The second kappa shape index (κ2) is 6.08. The van der Waals surface area contributed by atoms with Gasteiger partial charge in [0.05, 0.1) is 6.07 Å². The first-order valence-corrected chi connectivity index (χ1v) is 7.51. The normalized spacial score (nSPS) is 27.8. The summed E-state index contributed by atoms with van der Waals surface area (Å²) in [7, 11) is 0. The molecule has 1 aliphatic heterocycles. The first-order chi connectivity index (χ1) is 10.3. The minimum atomic E-state index is -0.256. The Morgan fingerprint density at radius 2 is 2.14 bits per heavy atom. The number of hydrogen-bond acceptors (Lipinski definition) is 5. The Balaban J connectivity index is 1.86. The van der Waals surface area contributed by atoms with Crippen LogP contribution in [0.3, 0.4) is 0 Å². The van der Waals surface area contributed by atoms with E-state index in [1.807, 2.05) is 6.07 Å². The van der Waals surface area contributed by atoms with E-state index in [1.165, 1.54) is 12.8 Å². The van der Waals surface area contributed by atoms with Gasteiger partial charge in [0.1, 0.15) is 12.6 Å². The number of fused-ring (bicyclic) bond motifs is 1. The third-order valence-electron chi connectivity index (χ3n) is 4.52. The molecule has 1 aliphatic carbocycles. The number of anilines is 1. The lowest BCUT2D eigenvalue weighted by molar-refractivity contribution is -0.122. The van der Waals surface area contributed by atoms with Crippen molar-refractivity contribution in [3.63, 3.8) is 0 Å². The van der Waals surface area contributed by atoms with Gasteiger partial charge in [-0.25, -0.2) is 9.97 Å². The Kier molecular flexibility index (Phi) is 4.00. The highest BCUT2D eigenvalue weighted by Crippen LogP contribution is 2.41. The minimum Gasteiger partial charge on any atom is -0.341 e. The van der Waals surface area contributed by atoms with Gasteiger partial charge in [-0.05, 0) is 31.2 Å². The molecule has 1 aromatic heterocycles. The highest BCUT2D eigenvalue weighted by molar-refractivity contribution is 5.85. The van der Waals surface area contributed by atoms with Gasteiger partial charge in [-0.3, -0.25) is 4.79 Å². The Hall–Kier alpha value is -2.16. The van der Waals surface area contributed by atoms with Crippen molar-refractivity contribution in [1.29, 1.82) is 5.26 Å². The highest BCUT2D eigenvalue weighted by atomic mass is 16.2. The highest BCUT2D eigenvalue weighted by Gasteiger charge is 2.46. The number of nitrogens with one attached hydrogen (secondary N) is 1. The maximum Gasteiger partial charge on any atom is 0.243 e. The third kappa shape index (κ3) is 2.68. The number of rotatable bonds is 3. The van der Waals surface area contributed by atoms with Crippen LogP contribution in [0.4, 0.5) is 5.95 Å². The molecule has 0 bridgehead atoms. The average molecular weight is 285 g/mol. The van der Waals surface area contributed by atoms with Gasteiger partial charge in [-0.15, -0.1) is 0 Å². The number of aromatic nitrogens is 2. The molecule has 110 valence electrons. The van der Waals surface area contributed by atoms with Crippen LogP contribution in [0.15, 0.2) is 18.5 Å². The largest absolute Gasteiger partial charge is 0.341 e. The van der Waals surface area contributed by atoms with Gasteiger partial charge in [0, 0.05) is 18.4 Å². The van der Waals surface area contributed by atoms with Gasteiger partial charge in [0.15, 0.2) is 0 Å². The summed E-state index contributed by atoms with van der Waals surface area (Å²) in [5.41, 5.74) is 0. The maximum atomic E-state index is 12.4. The quantitative estimate of drug-likeness (QED) is 0.845. The molecule has 21 heavy (non-hydrogen) atoms. The average Bonchev–Trinajstić information content (AvgIpc) is 2.93. The molecular formula is C15H19N5O. The molecule has 0 unspecified atom stereocenters. The second-order valence-corrected chi connectivity index (χ2v) is 5.70. The molecule has 1 saturated carbocycles. The number of carbonyl (C=O) groups is 1. The molecule has 6 heteroatoms. The Bertz CT molecular complexity index is 541. The molecule has 2 fully saturated rings. The number of amides is 1. The molecule has 1 saturated heterocycles. The smallest absolute Gasteiger partial charge is 0.243 e. The van der Waals surface area contributed by atoms with E-state index in [-0.39, 0.29) is 18.5 Å². The van der Waals surface area contributed by atoms with Crippen LogP contribution in [-0.4, -0.2) is 34.5 Å². The minimum absolute atomic E-state index is 0.0498. The summed E-state index contributed by atoms with van der Waals surface area (Å²) in [6.45, 7) is 0.0498. The van der Waals surface area contributed by atoms with E-state index in [9.17, 15) is 4.79 Å². The third-order valence-corrected chi connectivity index (χ3v) is 4.52. The molecule has 0 radical (unpaired) electrons. The van der Waals surface area contributed by atoms with E-state index in [0.717, 1.165) is 19.3 Å². The summed E-state index contributed by atoms with van der Waals surface area (Å²) >= 11 is 0. The molecule has 3 atom stereocenters. The van der Waals surface area contributed by atoms with Crippen LogP contribution < -0.4 is 10.2 Å². The van der Waals surface area contributed by atoms with Crippen LogP contribution in [0.25, 0.3) is 0 Å². The summed E-state index contributed by atoms with van der Waals surface area (Å²) in [4.78, 5) is 23.1. The van der Waals surface area contributed by atoms with Crippen LogP contribution in [0.5, 0.6) is 0 Å². The Labute approximate surface area is 124 Å². The van der Waals surface area contributed by atoms with Gasteiger partial charge >= 0.3 is 0 Å². The number of nitrogens with zero attached hydrogens (tertiary/aromatic N) is 4. The summed E-state index contributed by atoms with van der Waals surface area (Å²) < 4.78 is 0. The lowest BCUT2D eigenvalue weighted by atomic mass is 9.85. The molecule has 0 aromatic carbocycles. The topological polar surface area (TPSA) is 81.9 Å². The summed E-state index contributed by atoms with van der Waals surface area (Å²) in [5, 5.41) is 11.3. The molecule has 2 heterocycles. The van der Waals surface area contributed by atoms with Crippen LogP contribution in [-0.2, 0) is 4.79 Å². The van der Waals surface area contributed by atoms with Crippen molar-refractivity contribution in [2.45, 2.75) is 44.2 Å². The molecule has 1 aromatic rings.